The van der Waals surface area contributed by atoms with Gasteiger partial charge in [-0.2, -0.15) is 5.10 Å². The second-order valence-corrected chi connectivity index (χ2v) is 6.38. The number of nitrogens with zero attached hydrogens (tertiary/aromatic N) is 5. The summed E-state index contributed by atoms with van der Waals surface area (Å²) in [7, 11) is 0. The van der Waals surface area contributed by atoms with Gasteiger partial charge in [0.1, 0.15) is 0 Å². The minimum atomic E-state index is 0.741. The summed E-state index contributed by atoms with van der Waals surface area (Å²) < 4.78 is 9.36. The average molecular weight is 351 g/mol. The molecule has 7 heteroatoms. The van der Waals surface area contributed by atoms with E-state index in [4.69, 9.17) is 4.42 Å². The maximum Gasteiger partial charge on any atom is 0.200 e. The van der Waals surface area contributed by atoms with Crippen molar-refractivity contribution in [2.24, 2.45) is 0 Å². The summed E-state index contributed by atoms with van der Waals surface area (Å²) in [4.78, 5) is 0. The van der Waals surface area contributed by atoms with Gasteiger partial charge in [0, 0.05) is 24.7 Å². The highest BCUT2D eigenvalue weighted by Crippen LogP contribution is 2.26. The molecule has 25 heavy (non-hydrogen) atoms. The van der Waals surface area contributed by atoms with Gasteiger partial charge >= 0.3 is 0 Å². The average Bonchev–Trinajstić information content (AvgIpc) is 3.41. The number of hydrogen-bond acceptors (Lipinski definition) is 5. The normalized spacial score (nSPS) is 11.1. The summed E-state index contributed by atoms with van der Waals surface area (Å²) in [6.45, 7) is 2.88. The van der Waals surface area contributed by atoms with Crippen molar-refractivity contribution >= 4 is 11.8 Å². The van der Waals surface area contributed by atoms with Crippen LogP contribution in [0, 0.1) is 0 Å². The first-order chi connectivity index (χ1) is 12.3. The Bertz CT molecular complexity index is 927. The van der Waals surface area contributed by atoms with Crippen LogP contribution in [0.25, 0.3) is 17.3 Å². The molecule has 0 N–H and O–H groups in total. The first kappa shape index (κ1) is 15.7. The molecule has 4 aromatic rings. The van der Waals surface area contributed by atoms with Crippen LogP contribution in [0.4, 0.5) is 0 Å². The summed E-state index contributed by atoms with van der Waals surface area (Å²) in [6.07, 6.45) is 5.36. The predicted molar refractivity (Wildman–Crippen MR) is 96.5 cm³/mol. The highest BCUT2D eigenvalue weighted by atomic mass is 32.2. The highest BCUT2D eigenvalue weighted by molar-refractivity contribution is 7.98. The topological polar surface area (TPSA) is 61.7 Å². The lowest BCUT2D eigenvalue weighted by atomic mass is 10.2. The van der Waals surface area contributed by atoms with Gasteiger partial charge in [0.15, 0.2) is 16.7 Å². The number of aromatic nitrogens is 5. The van der Waals surface area contributed by atoms with Crippen LogP contribution < -0.4 is 0 Å². The SMILES string of the molecule is CCn1c(SCc2ccc(-n3cccn3)cc2)nnc1-c1ccco1. The van der Waals surface area contributed by atoms with Crippen LogP contribution in [0.5, 0.6) is 0 Å². The van der Waals surface area contributed by atoms with E-state index in [0.29, 0.717) is 0 Å². The Kier molecular flexibility index (Phi) is 4.39. The van der Waals surface area contributed by atoms with Gasteiger partial charge in [0.2, 0.25) is 0 Å². The standard InChI is InChI=1S/C18H17N5OS/c1-2-22-17(16-5-3-12-24-16)20-21-18(22)25-13-14-6-8-15(9-7-14)23-11-4-10-19-23/h3-12H,2,13H2,1H3. The molecule has 0 radical (unpaired) electrons. The van der Waals surface area contributed by atoms with Crippen molar-refractivity contribution in [1.29, 1.82) is 0 Å². The van der Waals surface area contributed by atoms with Crippen molar-refractivity contribution in [1.82, 2.24) is 24.5 Å². The minimum absolute atomic E-state index is 0.741. The van der Waals surface area contributed by atoms with E-state index >= 15 is 0 Å². The van der Waals surface area contributed by atoms with Crippen molar-refractivity contribution in [3.63, 3.8) is 0 Å². The van der Waals surface area contributed by atoms with Crippen LogP contribution in [0.3, 0.4) is 0 Å². The largest absolute Gasteiger partial charge is 0.461 e. The van der Waals surface area contributed by atoms with Crippen molar-refractivity contribution in [3.8, 4) is 17.3 Å². The van der Waals surface area contributed by atoms with Crippen LogP contribution in [-0.4, -0.2) is 24.5 Å². The van der Waals surface area contributed by atoms with Gasteiger partial charge in [0.05, 0.1) is 12.0 Å². The molecule has 1 aromatic carbocycles. The third kappa shape index (κ3) is 3.23. The fraction of sp³-hybridized carbons (Fsp3) is 0.167. The molecule has 0 spiro atoms. The Labute approximate surface area is 149 Å². The molecular weight excluding hydrogens is 334 g/mol. The fourth-order valence-corrected chi connectivity index (χ4v) is 3.54. The molecule has 126 valence electrons. The van der Waals surface area contributed by atoms with Gasteiger partial charge in [-0.1, -0.05) is 23.9 Å². The predicted octanol–water partition coefficient (Wildman–Crippen LogP) is 4.04. The molecule has 0 bridgehead atoms. The van der Waals surface area contributed by atoms with Crippen LogP contribution in [0.1, 0.15) is 12.5 Å². The summed E-state index contributed by atoms with van der Waals surface area (Å²) in [5.41, 5.74) is 2.28. The van der Waals surface area contributed by atoms with E-state index in [9.17, 15) is 0 Å². The lowest BCUT2D eigenvalue weighted by Gasteiger charge is -2.06. The fourth-order valence-electron chi connectivity index (χ4n) is 2.58. The van der Waals surface area contributed by atoms with E-state index in [2.05, 4.69) is 51.1 Å². The molecule has 0 unspecified atom stereocenters. The van der Waals surface area contributed by atoms with Crippen molar-refractivity contribution in [2.75, 3.05) is 0 Å². The Hall–Kier alpha value is -2.80. The second-order valence-electron chi connectivity index (χ2n) is 5.43. The van der Waals surface area contributed by atoms with E-state index in [1.807, 2.05) is 29.1 Å². The Balaban J connectivity index is 1.48. The molecule has 0 saturated carbocycles. The van der Waals surface area contributed by atoms with E-state index < -0.39 is 0 Å². The first-order valence-electron chi connectivity index (χ1n) is 8.04. The number of hydrogen-bond donors (Lipinski definition) is 0. The van der Waals surface area contributed by atoms with Gasteiger partial charge in [0.25, 0.3) is 0 Å². The molecule has 0 aliphatic rings. The molecule has 0 aliphatic carbocycles. The van der Waals surface area contributed by atoms with Crippen LogP contribution in [0.2, 0.25) is 0 Å². The molecule has 0 aliphatic heterocycles. The van der Waals surface area contributed by atoms with Crippen molar-refractivity contribution in [2.45, 2.75) is 24.4 Å². The molecular formula is C18H17N5OS. The number of thioether (sulfide) groups is 1. The molecule has 0 saturated heterocycles. The van der Waals surface area contributed by atoms with Crippen molar-refractivity contribution < 1.29 is 4.42 Å². The van der Waals surface area contributed by atoms with Crippen LogP contribution in [-0.2, 0) is 12.3 Å². The number of furan rings is 1. The molecule has 3 heterocycles. The molecule has 4 rings (SSSR count). The molecule has 0 fully saturated rings. The summed E-state index contributed by atoms with van der Waals surface area (Å²) in [5, 5.41) is 13.7. The zero-order valence-electron chi connectivity index (χ0n) is 13.7. The van der Waals surface area contributed by atoms with Gasteiger partial charge in [-0.05, 0) is 42.8 Å². The van der Waals surface area contributed by atoms with E-state index in [1.165, 1.54) is 5.56 Å². The number of benzene rings is 1. The summed E-state index contributed by atoms with van der Waals surface area (Å²) in [5.74, 6) is 2.34. The van der Waals surface area contributed by atoms with Gasteiger partial charge in [-0.15, -0.1) is 10.2 Å². The second kappa shape index (κ2) is 6.98. The lowest BCUT2D eigenvalue weighted by Crippen LogP contribution is -1.99. The quantitative estimate of drug-likeness (QED) is 0.491. The van der Waals surface area contributed by atoms with Crippen LogP contribution in [0.15, 0.2) is 70.7 Å². The summed E-state index contributed by atoms with van der Waals surface area (Å²) in [6, 6.07) is 14.0. The maximum absolute atomic E-state index is 5.45. The minimum Gasteiger partial charge on any atom is -0.461 e. The maximum atomic E-state index is 5.45. The Morgan fingerprint density at radius 1 is 1.08 bits per heavy atom. The molecule has 0 amide bonds. The Morgan fingerprint density at radius 2 is 1.96 bits per heavy atom. The first-order valence-corrected chi connectivity index (χ1v) is 9.02. The molecule has 6 nitrogen and oxygen atoms in total. The van der Waals surface area contributed by atoms with E-state index in [-0.39, 0.29) is 0 Å². The third-order valence-electron chi connectivity index (χ3n) is 3.85. The number of rotatable bonds is 6. The molecule has 3 aromatic heterocycles. The van der Waals surface area contributed by atoms with Crippen LogP contribution >= 0.6 is 11.8 Å². The smallest absolute Gasteiger partial charge is 0.200 e. The van der Waals surface area contributed by atoms with Gasteiger partial charge in [-0.25, -0.2) is 4.68 Å². The van der Waals surface area contributed by atoms with E-state index in [1.54, 1.807) is 24.2 Å². The summed E-state index contributed by atoms with van der Waals surface area (Å²) >= 11 is 1.67. The zero-order chi connectivity index (χ0) is 17.1. The van der Waals surface area contributed by atoms with Gasteiger partial charge in [-0.3, -0.25) is 4.57 Å². The highest BCUT2D eigenvalue weighted by Gasteiger charge is 2.15. The lowest BCUT2D eigenvalue weighted by molar-refractivity contribution is 0.567. The van der Waals surface area contributed by atoms with E-state index in [0.717, 1.165) is 34.7 Å². The molecule has 0 atom stereocenters. The Morgan fingerprint density at radius 3 is 2.64 bits per heavy atom. The zero-order valence-corrected chi connectivity index (χ0v) is 14.6. The monoisotopic (exact) mass is 351 g/mol. The van der Waals surface area contributed by atoms with Crippen molar-refractivity contribution in [3.05, 3.63) is 66.7 Å². The van der Waals surface area contributed by atoms with Gasteiger partial charge < -0.3 is 4.42 Å². The third-order valence-corrected chi connectivity index (χ3v) is 4.89.